The number of aromatic nitrogens is 1. The van der Waals surface area contributed by atoms with Crippen LogP contribution in [-0.4, -0.2) is 64.2 Å². The Balaban J connectivity index is 1.48. The van der Waals surface area contributed by atoms with Crippen molar-refractivity contribution in [2.45, 2.75) is 32.4 Å². The number of oxazole rings is 1. The Morgan fingerprint density at radius 2 is 1.96 bits per heavy atom. The third-order valence-corrected chi connectivity index (χ3v) is 4.59. The quantitative estimate of drug-likeness (QED) is 0.840. The fraction of sp³-hybridized carbons (Fsp3) is 0.556. The van der Waals surface area contributed by atoms with E-state index in [0.717, 1.165) is 18.6 Å². The lowest BCUT2D eigenvalue weighted by Crippen LogP contribution is -2.50. The zero-order valence-electron chi connectivity index (χ0n) is 14.6. The maximum Gasteiger partial charge on any atom is 0.419 e. The number of aliphatic hydroxyl groups is 1. The summed E-state index contributed by atoms with van der Waals surface area (Å²) in [4.78, 5) is 28.3. The van der Waals surface area contributed by atoms with Gasteiger partial charge in [0.25, 0.3) is 0 Å². The van der Waals surface area contributed by atoms with E-state index >= 15 is 0 Å². The summed E-state index contributed by atoms with van der Waals surface area (Å²) < 4.78 is 6.79. The second kappa shape index (κ2) is 7.84. The number of aliphatic hydroxyl groups excluding tert-OH is 1. The predicted molar refractivity (Wildman–Crippen MR) is 94.4 cm³/mol. The SMILES string of the molecule is CC(O)CN1CCN(C(=O)CCCn2c(=O)oc3ccccc32)CC1. The molecule has 1 aromatic carbocycles. The zero-order chi connectivity index (χ0) is 17.8. The Labute approximate surface area is 146 Å². The number of β-amino-alcohol motifs (C(OH)–C–C–N with tert-alkyl or cyclic N) is 1. The number of amides is 1. The summed E-state index contributed by atoms with van der Waals surface area (Å²) in [5.74, 6) is -0.252. The smallest absolute Gasteiger partial charge is 0.408 e. The summed E-state index contributed by atoms with van der Waals surface area (Å²) in [5, 5.41) is 9.43. The molecule has 1 fully saturated rings. The molecule has 0 bridgehead atoms. The van der Waals surface area contributed by atoms with Gasteiger partial charge < -0.3 is 14.4 Å². The van der Waals surface area contributed by atoms with Crippen LogP contribution in [0, 0.1) is 0 Å². The molecule has 7 heteroatoms. The van der Waals surface area contributed by atoms with Gasteiger partial charge in [-0.1, -0.05) is 12.1 Å². The highest BCUT2D eigenvalue weighted by atomic mass is 16.4. The van der Waals surface area contributed by atoms with Crippen LogP contribution in [0.5, 0.6) is 0 Å². The maximum atomic E-state index is 12.4. The number of para-hydroxylation sites is 2. The van der Waals surface area contributed by atoms with E-state index in [1.165, 1.54) is 0 Å². The number of fused-ring (bicyclic) bond motifs is 1. The third-order valence-electron chi connectivity index (χ3n) is 4.59. The second-order valence-corrected chi connectivity index (χ2v) is 6.62. The van der Waals surface area contributed by atoms with E-state index in [0.29, 0.717) is 44.6 Å². The Morgan fingerprint density at radius 1 is 1.24 bits per heavy atom. The standard InChI is InChI=1S/C18H25N3O4/c1-14(22)13-19-9-11-20(12-10-19)17(23)7-4-8-21-15-5-2-3-6-16(15)25-18(21)24/h2-3,5-6,14,22H,4,7-13H2,1H3. The van der Waals surface area contributed by atoms with Gasteiger partial charge in [0, 0.05) is 45.7 Å². The molecule has 0 saturated carbocycles. The Morgan fingerprint density at radius 3 is 2.68 bits per heavy atom. The number of benzene rings is 1. The van der Waals surface area contributed by atoms with Crippen molar-refractivity contribution in [1.82, 2.24) is 14.4 Å². The van der Waals surface area contributed by atoms with Crippen LogP contribution in [0.15, 0.2) is 33.5 Å². The van der Waals surface area contributed by atoms with Crippen LogP contribution < -0.4 is 5.76 Å². The van der Waals surface area contributed by atoms with Gasteiger partial charge in [0.05, 0.1) is 11.6 Å². The van der Waals surface area contributed by atoms with E-state index < -0.39 is 0 Å². The van der Waals surface area contributed by atoms with Crippen LogP contribution in [0.1, 0.15) is 19.8 Å². The first kappa shape index (κ1) is 17.7. The number of aryl methyl sites for hydroxylation is 1. The first-order valence-electron chi connectivity index (χ1n) is 8.81. The molecule has 7 nitrogen and oxygen atoms in total. The minimum Gasteiger partial charge on any atom is -0.408 e. The van der Waals surface area contributed by atoms with Crippen molar-refractivity contribution in [3.63, 3.8) is 0 Å². The first-order chi connectivity index (χ1) is 12.0. The minimum atomic E-state index is -0.375. The van der Waals surface area contributed by atoms with Gasteiger partial charge in [-0.2, -0.15) is 0 Å². The van der Waals surface area contributed by atoms with Gasteiger partial charge in [-0.3, -0.25) is 14.3 Å². The largest absolute Gasteiger partial charge is 0.419 e. The molecular formula is C18H25N3O4. The molecule has 1 amide bonds. The van der Waals surface area contributed by atoms with Crippen molar-refractivity contribution in [2.75, 3.05) is 32.7 Å². The topological polar surface area (TPSA) is 78.9 Å². The van der Waals surface area contributed by atoms with Gasteiger partial charge in [-0.15, -0.1) is 0 Å². The Hall–Kier alpha value is -2.12. The summed E-state index contributed by atoms with van der Waals surface area (Å²) in [5.41, 5.74) is 1.35. The van der Waals surface area contributed by atoms with Gasteiger partial charge in [-0.05, 0) is 25.5 Å². The monoisotopic (exact) mass is 347 g/mol. The number of piperazine rings is 1. The van der Waals surface area contributed by atoms with Gasteiger partial charge >= 0.3 is 5.76 Å². The molecule has 0 aliphatic carbocycles. The van der Waals surface area contributed by atoms with Gasteiger partial charge in [0.15, 0.2) is 5.58 Å². The molecule has 2 heterocycles. The molecule has 25 heavy (non-hydrogen) atoms. The normalized spacial score (nSPS) is 17.1. The van der Waals surface area contributed by atoms with Crippen LogP contribution in [0.3, 0.4) is 0 Å². The fourth-order valence-corrected chi connectivity index (χ4v) is 3.33. The average Bonchev–Trinajstić information content (AvgIpc) is 2.90. The highest BCUT2D eigenvalue weighted by Gasteiger charge is 2.21. The number of carbonyl (C=O) groups is 1. The van der Waals surface area contributed by atoms with Crippen molar-refractivity contribution in [1.29, 1.82) is 0 Å². The molecule has 1 N–H and O–H groups in total. The minimum absolute atomic E-state index is 0.123. The molecular weight excluding hydrogens is 322 g/mol. The predicted octanol–water partition coefficient (Wildman–Crippen LogP) is 0.900. The van der Waals surface area contributed by atoms with Gasteiger partial charge in [0.1, 0.15) is 0 Å². The molecule has 136 valence electrons. The second-order valence-electron chi connectivity index (χ2n) is 6.62. The summed E-state index contributed by atoms with van der Waals surface area (Å²) >= 11 is 0. The summed E-state index contributed by atoms with van der Waals surface area (Å²) in [6.45, 7) is 5.88. The molecule has 0 radical (unpaired) electrons. The average molecular weight is 347 g/mol. The van der Waals surface area contributed by atoms with E-state index in [1.54, 1.807) is 17.6 Å². The maximum absolute atomic E-state index is 12.4. The molecule has 1 aromatic heterocycles. The lowest BCUT2D eigenvalue weighted by atomic mass is 10.2. The molecule has 1 saturated heterocycles. The fourth-order valence-electron chi connectivity index (χ4n) is 3.33. The molecule has 2 aromatic rings. The van der Waals surface area contributed by atoms with Crippen molar-refractivity contribution < 1.29 is 14.3 Å². The third kappa shape index (κ3) is 4.29. The number of carbonyl (C=O) groups excluding carboxylic acids is 1. The summed E-state index contributed by atoms with van der Waals surface area (Å²) in [6, 6.07) is 7.32. The first-order valence-corrected chi connectivity index (χ1v) is 8.81. The van der Waals surface area contributed by atoms with Gasteiger partial charge in [-0.25, -0.2) is 4.79 Å². The van der Waals surface area contributed by atoms with Crippen molar-refractivity contribution in [3.05, 3.63) is 34.8 Å². The molecule has 1 aliphatic heterocycles. The molecule has 1 atom stereocenters. The molecule has 1 unspecified atom stereocenters. The van der Waals surface area contributed by atoms with Crippen molar-refractivity contribution in [3.8, 4) is 0 Å². The van der Waals surface area contributed by atoms with E-state index in [2.05, 4.69) is 4.90 Å². The highest BCUT2D eigenvalue weighted by Crippen LogP contribution is 2.13. The van der Waals surface area contributed by atoms with Crippen LogP contribution in [-0.2, 0) is 11.3 Å². The Bertz CT molecular complexity index is 772. The van der Waals surface area contributed by atoms with Crippen LogP contribution in [0.25, 0.3) is 11.1 Å². The van der Waals surface area contributed by atoms with E-state index in [4.69, 9.17) is 4.42 Å². The summed E-state index contributed by atoms with van der Waals surface area (Å²) in [7, 11) is 0. The van der Waals surface area contributed by atoms with Crippen LogP contribution in [0.4, 0.5) is 0 Å². The molecule has 1 aliphatic rings. The molecule has 0 spiro atoms. The number of nitrogens with zero attached hydrogens (tertiary/aromatic N) is 3. The highest BCUT2D eigenvalue weighted by molar-refractivity contribution is 5.76. The lowest BCUT2D eigenvalue weighted by Gasteiger charge is -2.35. The van der Waals surface area contributed by atoms with E-state index in [9.17, 15) is 14.7 Å². The van der Waals surface area contributed by atoms with Crippen molar-refractivity contribution in [2.24, 2.45) is 0 Å². The zero-order valence-corrected chi connectivity index (χ0v) is 14.6. The lowest BCUT2D eigenvalue weighted by molar-refractivity contribution is -0.133. The Kier molecular flexibility index (Phi) is 5.55. The number of hydrogen-bond acceptors (Lipinski definition) is 5. The van der Waals surface area contributed by atoms with Crippen molar-refractivity contribution >= 4 is 17.0 Å². The van der Waals surface area contributed by atoms with Crippen LogP contribution in [0.2, 0.25) is 0 Å². The summed E-state index contributed by atoms with van der Waals surface area (Å²) in [6.07, 6.45) is 0.684. The molecule has 3 rings (SSSR count). The van der Waals surface area contributed by atoms with E-state index in [1.807, 2.05) is 23.1 Å². The van der Waals surface area contributed by atoms with E-state index in [-0.39, 0.29) is 17.8 Å². The van der Waals surface area contributed by atoms with Crippen LogP contribution >= 0.6 is 0 Å². The number of hydrogen-bond donors (Lipinski definition) is 1. The number of rotatable bonds is 6. The van der Waals surface area contributed by atoms with Gasteiger partial charge in [0.2, 0.25) is 5.91 Å².